The maximum absolute atomic E-state index is 6.24. The summed E-state index contributed by atoms with van der Waals surface area (Å²) in [6.45, 7) is 0.882. The van der Waals surface area contributed by atoms with Gasteiger partial charge in [-0.3, -0.25) is 4.98 Å². The van der Waals surface area contributed by atoms with Crippen molar-refractivity contribution in [3.05, 3.63) is 53.1 Å². The van der Waals surface area contributed by atoms with Crippen molar-refractivity contribution in [3.8, 4) is 5.75 Å². The minimum Gasteiger partial charge on any atom is -0.482 e. The maximum atomic E-state index is 6.24. The zero-order valence-electron chi connectivity index (χ0n) is 11.8. The summed E-state index contributed by atoms with van der Waals surface area (Å²) in [5.74, 6) is 0.858. The number of hydrogen-bond acceptors (Lipinski definition) is 5. The van der Waals surface area contributed by atoms with Crippen LogP contribution >= 0.6 is 11.3 Å². The van der Waals surface area contributed by atoms with Gasteiger partial charge < -0.3 is 10.1 Å². The van der Waals surface area contributed by atoms with Crippen molar-refractivity contribution in [1.29, 1.82) is 0 Å². The summed E-state index contributed by atoms with van der Waals surface area (Å²) in [4.78, 5) is 8.76. The van der Waals surface area contributed by atoms with E-state index in [0.717, 1.165) is 34.6 Å². The molecule has 1 atom stereocenters. The second-order valence-electron chi connectivity index (χ2n) is 4.70. The van der Waals surface area contributed by atoms with Gasteiger partial charge in [0, 0.05) is 29.6 Å². The van der Waals surface area contributed by atoms with E-state index >= 15 is 0 Å². The third-order valence-electron chi connectivity index (χ3n) is 3.26. The number of thiazole rings is 1. The molecule has 2 aromatic heterocycles. The molecule has 108 valence electrons. The van der Waals surface area contributed by atoms with Crippen LogP contribution in [0.2, 0.25) is 0 Å². The lowest BCUT2D eigenvalue weighted by Crippen LogP contribution is -2.16. The maximum Gasteiger partial charge on any atom is 0.151 e. The lowest BCUT2D eigenvalue weighted by Gasteiger charge is -2.18. The van der Waals surface area contributed by atoms with Crippen LogP contribution in [0.5, 0.6) is 5.75 Å². The molecule has 0 saturated heterocycles. The largest absolute Gasteiger partial charge is 0.482 e. The monoisotopic (exact) mass is 299 g/mol. The summed E-state index contributed by atoms with van der Waals surface area (Å²) in [5, 5.41) is 7.19. The molecule has 5 heteroatoms. The predicted octanol–water partition coefficient (Wildman–Crippen LogP) is 3.42. The van der Waals surface area contributed by atoms with Crippen molar-refractivity contribution >= 4 is 22.2 Å². The summed E-state index contributed by atoms with van der Waals surface area (Å²) in [5.41, 5.74) is 0.946. The third kappa shape index (κ3) is 3.20. The van der Waals surface area contributed by atoms with Crippen LogP contribution in [-0.2, 0) is 0 Å². The number of nitrogens with zero attached hydrogens (tertiary/aromatic N) is 2. The molecule has 0 saturated carbocycles. The molecule has 0 fully saturated rings. The van der Waals surface area contributed by atoms with Crippen LogP contribution in [0.1, 0.15) is 17.5 Å². The topological polar surface area (TPSA) is 47.0 Å². The lowest BCUT2D eigenvalue weighted by atomic mass is 10.2. The molecular formula is C16H17N3OS. The highest BCUT2D eigenvalue weighted by Gasteiger charge is 2.17. The Morgan fingerprint density at radius 2 is 2.14 bits per heavy atom. The Labute approximate surface area is 127 Å². The molecule has 1 N–H and O–H groups in total. The Morgan fingerprint density at radius 1 is 1.19 bits per heavy atom. The molecule has 0 spiro atoms. The van der Waals surface area contributed by atoms with Gasteiger partial charge in [0.1, 0.15) is 10.8 Å². The van der Waals surface area contributed by atoms with Gasteiger partial charge in [-0.2, -0.15) is 0 Å². The van der Waals surface area contributed by atoms with Crippen LogP contribution in [-0.4, -0.2) is 23.6 Å². The fourth-order valence-electron chi connectivity index (χ4n) is 2.23. The number of ether oxygens (including phenoxy) is 1. The van der Waals surface area contributed by atoms with Crippen LogP contribution in [0.15, 0.2) is 48.1 Å². The fraction of sp³-hybridized carbons (Fsp3) is 0.250. The Hall–Kier alpha value is -1.98. The molecule has 0 radical (unpaired) electrons. The molecule has 1 aromatic carbocycles. The SMILES string of the molecule is CNCC[C@H](Oc1cccc2ncccc12)c1nccs1. The van der Waals surface area contributed by atoms with Gasteiger partial charge in [0.15, 0.2) is 6.10 Å². The van der Waals surface area contributed by atoms with Crippen molar-refractivity contribution in [2.75, 3.05) is 13.6 Å². The smallest absolute Gasteiger partial charge is 0.151 e. The molecular weight excluding hydrogens is 282 g/mol. The number of hydrogen-bond donors (Lipinski definition) is 1. The van der Waals surface area contributed by atoms with Crippen molar-refractivity contribution in [2.45, 2.75) is 12.5 Å². The van der Waals surface area contributed by atoms with E-state index in [-0.39, 0.29) is 6.10 Å². The first kappa shape index (κ1) is 14.0. The van der Waals surface area contributed by atoms with Crippen molar-refractivity contribution in [2.24, 2.45) is 0 Å². The minimum atomic E-state index is -0.0387. The average molecular weight is 299 g/mol. The molecule has 3 aromatic rings. The van der Waals surface area contributed by atoms with Gasteiger partial charge in [0.05, 0.1) is 5.52 Å². The summed E-state index contributed by atoms with van der Waals surface area (Å²) < 4.78 is 6.24. The highest BCUT2D eigenvalue weighted by atomic mass is 32.1. The summed E-state index contributed by atoms with van der Waals surface area (Å²) in [6.07, 6.45) is 4.45. The first-order valence-electron chi connectivity index (χ1n) is 6.93. The van der Waals surface area contributed by atoms with Gasteiger partial charge in [0.25, 0.3) is 0 Å². The Kier molecular flexibility index (Phi) is 4.43. The molecule has 0 bridgehead atoms. The lowest BCUT2D eigenvalue weighted by molar-refractivity contribution is 0.197. The van der Waals surface area contributed by atoms with Gasteiger partial charge in [-0.25, -0.2) is 4.98 Å². The summed E-state index contributed by atoms with van der Waals surface area (Å²) >= 11 is 1.63. The molecule has 2 heterocycles. The Balaban J connectivity index is 1.90. The molecule has 0 amide bonds. The van der Waals surface area contributed by atoms with E-state index in [1.165, 1.54) is 0 Å². The van der Waals surface area contributed by atoms with Gasteiger partial charge in [-0.05, 0) is 37.9 Å². The number of benzene rings is 1. The second kappa shape index (κ2) is 6.65. The van der Waals surface area contributed by atoms with Crippen LogP contribution < -0.4 is 10.1 Å². The van der Waals surface area contributed by atoms with E-state index in [2.05, 4.69) is 15.3 Å². The quantitative estimate of drug-likeness (QED) is 0.757. The molecule has 0 aliphatic carbocycles. The zero-order chi connectivity index (χ0) is 14.5. The van der Waals surface area contributed by atoms with Crippen molar-refractivity contribution in [1.82, 2.24) is 15.3 Å². The van der Waals surface area contributed by atoms with E-state index in [9.17, 15) is 0 Å². The zero-order valence-corrected chi connectivity index (χ0v) is 12.6. The van der Waals surface area contributed by atoms with Gasteiger partial charge in [-0.15, -0.1) is 11.3 Å². The average Bonchev–Trinajstić information content (AvgIpc) is 3.06. The number of nitrogens with one attached hydrogen (secondary N) is 1. The van der Waals surface area contributed by atoms with Crippen molar-refractivity contribution in [3.63, 3.8) is 0 Å². The van der Waals surface area contributed by atoms with Gasteiger partial charge in [0.2, 0.25) is 0 Å². The Morgan fingerprint density at radius 3 is 2.95 bits per heavy atom. The first-order chi connectivity index (χ1) is 10.4. The summed E-state index contributed by atoms with van der Waals surface area (Å²) in [6, 6.07) is 9.93. The van der Waals surface area contributed by atoms with E-state index in [4.69, 9.17) is 4.74 Å². The first-order valence-corrected chi connectivity index (χ1v) is 7.81. The molecule has 0 aliphatic heterocycles. The number of fused-ring (bicyclic) bond motifs is 1. The van der Waals surface area contributed by atoms with Gasteiger partial charge in [-0.1, -0.05) is 6.07 Å². The number of aromatic nitrogens is 2. The summed E-state index contributed by atoms with van der Waals surface area (Å²) in [7, 11) is 1.95. The normalized spacial score (nSPS) is 12.4. The highest BCUT2D eigenvalue weighted by molar-refractivity contribution is 7.09. The molecule has 0 aliphatic rings. The Bertz CT molecular complexity index is 694. The van der Waals surface area contributed by atoms with E-state index in [1.54, 1.807) is 17.5 Å². The van der Waals surface area contributed by atoms with E-state index < -0.39 is 0 Å². The standard InChI is InChI=1S/C16H17N3OS/c1-17-9-7-15(16-19-10-11-21-16)20-14-6-2-5-13-12(14)4-3-8-18-13/h2-6,8,10-11,15,17H,7,9H2,1H3/t15-/m0/s1. The van der Waals surface area contributed by atoms with Crippen LogP contribution in [0.4, 0.5) is 0 Å². The number of pyridine rings is 1. The second-order valence-corrected chi connectivity index (χ2v) is 5.62. The van der Waals surface area contributed by atoms with Crippen LogP contribution in [0, 0.1) is 0 Å². The van der Waals surface area contributed by atoms with Gasteiger partial charge >= 0.3 is 0 Å². The molecule has 0 unspecified atom stereocenters. The van der Waals surface area contributed by atoms with E-state index in [0.29, 0.717) is 0 Å². The predicted molar refractivity (Wildman–Crippen MR) is 85.8 cm³/mol. The number of rotatable bonds is 6. The van der Waals surface area contributed by atoms with Crippen LogP contribution in [0.3, 0.4) is 0 Å². The molecule has 21 heavy (non-hydrogen) atoms. The minimum absolute atomic E-state index is 0.0387. The highest BCUT2D eigenvalue weighted by Crippen LogP contribution is 2.30. The third-order valence-corrected chi connectivity index (χ3v) is 4.13. The molecule has 3 rings (SSSR count). The van der Waals surface area contributed by atoms with E-state index in [1.807, 2.05) is 49.0 Å². The fourth-order valence-corrected chi connectivity index (χ4v) is 2.93. The molecule has 4 nitrogen and oxygen atoms in total. The van der Waals surface area contributed by atoms with Crippen molar-refractivity contribution < 1.29 is 4.74 Å². The van der Waals surface area contributed by atoms with Crippen LogP contribution in [0.25, 0.3) is 10.9 Å².